The summed E-state index contributed by atoms with van der Waals surface area (Å²) in [5.74, 6) is 1.50. The van der Waals surface area contributed by atoms with Crippen LogP contribution in [0, 0.1) is 0 Å². The summed E-state index contributed by atoms with van der Waals surface area (Å²) >= 11 is 6.37. The van der Waals surface area contributed by atoms with Gasteiger partial charge in [-0.05, 0) is 30.7 Å². The van der Waals surface area contributed by atoms with Crippen LogP contribution in [-0.4, -0.2) is 31.1 Å². The van der Waals surface area contributed by atoms with Crippen molar-refractivity contribution in [3.8, 4) is 34.3 Å². The topological polar surface area (TPSA) is 110 Å². The fourth-order valence-electron chi connectivity index (χ4n) is 2.82. The average Bonchev–Trinajstić information content (AvgIpc) is 3.43. The summed E-state index contributed by atoms with van der Waals surface area (Å²) in [7, 11) is 0. The molecule has 0 radical (unpaired) electrons. The number of halogens is 1. The van der Waals surface area contributed by atoms with Crippen LogP contribution in [0.5, 0.6) is 0 Å². The molecule has 0 fully saturated rings. The highest BCUT2D eigenvalue weighted by Crippen LogP contribution is 2.37. The lowest BCUT2D eigenvalue weighted by molar-refractivity contribution is -0.116. The molecule has 0 saturated heterocycles. The van der Waals surface area contributed by atoms with Crippen molar-refractivity contribution < 1.29 is 9.21 Å². The first-order valence-corrected chi connectivity index (χ1v) is 9.53. The Morgan fingerprint density at radius 2 is 2.17 bits per heavy atom. The van der Waals surface area contributed by atoms with Gasteiger partial charge in [0.25, 0.3) is 0 Å². The highest BCUT2D eigenvalue weighted by molar-refractivity contribution is 6.33. The number of anilines is 1. The molecule has 9 heteroatoms. The number of rotatable bonds is 7. The van der Waals surface area contributed by atoms with E-state index in [1.165, 1.54) is 6.33 Å². The van der Waals surface area contributed by atoms with Crippen molar-refractivity contribution >= 4 is 23.3 Å². The number of H-pyrrole nitrogens is 1. The van der Waals surface area contributed by atoms with E-state index in [2.05, 4.69) is 37.0 Å². The number of oxazole rings is 1. The molecule has 3 aromatic heterocycles. The van der Waals surface area contributed by atoms with E-state index >= 15 is 0 Å². The number of nitrogens with zero attached hydrogens (tertiary/aromatic N) is 4. The summed E-state index contributed by atoms with van der Waals surface area (Å²) in [4.78, 5) is 23.7. The number of carbonyl (C=O) groups is 1. The number of hydrogen-bond donors (Lipinski definition) is 2. The van der Waals surface area contributed by atoms with Crippen molar-refractivity contribution in [1.82, 2.24) is 25.1 Å². The Morgan fingerprint density at radius 1 is 1.30 bits per heavy atom. The lowest BCUT2D eigenvalue weighted by Crippen LogP contribution is -2.11. The van der Waals surface area contributed by atoms with Crippen molar-refractivity contribution in [2.24, 2.45) is 0 Å². The Bertz CT molecular complexity index is 1190. The maximum Gasteiger partial charge on any atom is 0.227 e. The molecule has 1 amide bonds. The zero-order valence-corrected chi connectivity index (χ0v) is 16.6. The van der Waals surface area contributed by atoms with Crippen LogP contribution in [-0.2, 0) is 4.79 Å². The maximum absolute atomic E-state index is 12.0. The molecule has 0 bridgehead atoms. The van der Waals surface area contributed by atoms with Gasteiger partial charge in [0.15, 0.2) is 17.3 Å². The maximum atomic E-state index is 12.0. The van der Waals surface area contributed by atoms with E-state index in [9.17, 15) is 4.79 Å². The zero-order valence-electron chi connectivity index (χ0n) is 15.8. The first kappa shape index (κ1) is 19.5. The number of aromatic nitrogens is 5. The molecule has 3 heterocycles. The zero-order chi connectivity index (χ0) is 20.9. The number of hydrogen-bond acceptors (Lipinski definition) is 6. The standard InChI is InChI=1S/C21H17ClN6O2/c1-2-3-8-17(29)26-16-11-13(9-10-23-16)21-27-18(20-24-12-25-28-20)19(30-21)14-6-4-5-7-15(14)22/h2,4-7,9-12H,1,3,8H2,(H,23,26,29)(H,24,25,28). The van der Waals surface area contributed by atoms with E-state index in [4.69, 9.17) is 16.0 Å². The number of nitrogens with one attached hydrogen (secondary N) is 2. The van der Waals surface area contributed by atoms with Gasteiger partial charge >= 0.3 is 0 Å². The predicted molar refractivity (Wildman–Crippen MR) is 114 cm³/mol. The van der Waals surface area contributed by atoms with E-state index in [0.29, 0.717) is 58.0 Å². The summed E-state index contributed by atoms with van der Waals surface area (Å²) in [6.45, 7) is 3.62. The normalized spacial score (nSPS) is 10.7. The molecule has 0 aliphatic rings. The molecule has 0 atom stereocenters. The molecule has 0 aliphatic heterocycles. The number of benzene rings is 1. The highest BCUT2D eigenvalue weighted by atomic mass is 35.5. The molecule has 2 N–H and O–H groups in total. The Hall–Kier alpha value is -3.78. The van der Waals surface area contributed by atoms with Crippen LogP contribution in [0.25, 0.3) is 34.3 Å². The van der Waals surface area contributed by atoms with Gasteiger partial charge in [-0.2, -0.15) is 0 Å². The van der Waals surface area contributed by atoms with Gasteiger partial charge in [0.05, 0.1) is 5.02 Å². The lowest BCUT2D eigenvalue weighted by atomic mass is 10.1. The Balaban J connectivity index is 1.73. The molecular weight excluding hydrogens is 404 g/mol. The Labute approximate surface area is 177 Å². The van der Waals surface area contributed by atoms with Crippen molar-refractivity contribution in [2.75, 3.05) is 5.32 Å². The molecule has 1 aromatic carbocycles. The first-order valence-electron chi connectivity index (χ1n) is 9.15. The van der Waals surface area contributed by atoms with E-state index < -0.39 is 0 Å². The number of amides is 1. The number of pyridine rings is 1. The third-order valence-electron chi connectivity index (χ3n) is 4.24. The van der Waals surface area contributed by atoms with Gasteiger partial charge < -0.3 is 14.7 Å². The second-order valence-corrected chi connectivity index (χ2v) is 6.73. The molecule has 30 heavy (non-hydrogen) atoms. The van der Waals surface area contributed by atoms with Gasteiger partial charge in [-0.25, -0.2) is 9.97 Å². The van der Waals surface area contributed by atoms with Crippen LogP contribution in [0.1, 0.15) is 12.8 Å². The minimum Gasteiger partial charge on any atom is -0.435 e. The largest absolute Gasteiger partial charge is 0.435 e. The summed E-state index contributed by atoms with van der Waals surface area (Å²) in [6, 6.07) is 10.7. The third kappa shape index (κ3) is 4.13. The lowest BCUT2D eigenvalue weighted by Gasteiger charge is -2.04. The van der Waals surface area contributed by atoms with E-state index in [1.807, 2.05) is 18.2 Å². The smallest absolute Gasteiger partial charge is 0.227 e. The predicted octanol–water partition coefficient (Wildman–Crippen LogP) is 4.75. The van der Waals surface area contributed by atoms with Crippen molar-refractivity contribution in [1.29, 1.82) is 0 Å². The minimum absolute atomic E-state index is 0.147. The Morgan fingerprint density at radius 3 is 2.93 bits per heavy atom. The summed E-state index contributed by atoms with van der Waals surface area (Å²) in [6.07, 6.45) is 5.65. The quantitative estimate of drug-likeness (QED) is 0.417. The van der Waals surface area contributed by atoms with Gasteiger partial charge in [-0.15, -0.1) is 16.8 Å². The average molecular weight is 421 g/mol. The van der Waals surface area contributed by atoms with Gasteiger partial charge in [0.2, 0.25) is 11.8 Å². The van der Waals surface area contributed by atoms with Crippen molar-refractivity contribution in [3.05, 3.63) is 66.6 Å². The van der Waals surface area contributed by atoms with Crippen LogP contribution >= 0.6 is 11.6 Å². The minimum atomic E-state index is -0.147. The van der Waals surface area contributed by atoms with Crippen molar-refractivity contribution in [3.63, 3.8) is 0 Å². The second kappa shape index (κ2) is 8.71. The molecule has 150 valence electrons. The monoisotopic (exact) mass is 420 g/mol. The van der Waals surface area contributed by atoms with E-state index in [0.717, 1.165) is 0 Å². The third-order valence-corrected chi connectivity index (χ3v) is 4.57. The molecule has 8 nitrogen and oxygen atoms in total. The van der Waals surface area contributed by atoms with E-state index in [1.54, 1.807) is 30.5 Å². The molecule has 0 unspecified atom stereocenters. The Kier molecular flexibility index (Phi) is 5.67. The second-order valence-electron chi connectivity index (χ2n) is 6.32. The molecule has 4 rings (SSSR count). The summed E-state index contributed by atoms with van der Waals surface area (Å²) in [5, 5.41) is 11.1. The molecular formula is C21H17ClN6O2. The molecule has 4 aromatic rings. The van der Waals surface area contributed by atoms with Crippen LogP contribution in [0.3, 0.4) is 0 Å². The fraction of sp³-hybridized carbons (Fsp3) is 0.0952. The number of aromatic amines is 1. The van der Waals surface area contributed by atoms with Crippen molar-refractivity contribution in [2.45, 2.75) is 12.8 Å². The number of carbonyl (C=O) groups excluding carboxylic acids is 1. The molecule has 0 saturated carbocycles. The summed E-state index contributed by atoms with van der Waals surface area (Å²) in [5.41, 5.74) is 1.79. The van der Waals surface area contributed by atoms with E-state index in [-0.39, 0.29) is 5.91 Å². The fourth-order valence-corrected chi connectivity index (χ4v) is 3.05. The van der Waals surface area contributed by atoms with Gasteiger partial charge in [-0.3, -0.25) is 4.79 Å². The van der Waals surface area contributed by atoms with Crippen LogP contribution < -0.4 is 5.32 Å². The SMILES string of the molecule is C=CCCC(=O)Nc1cc(-c2nc(-c3nnc[nH]3)c(-c3ccccc3Cl)o2)ccn1. The van der Waals surface area contributed by atoms with Crippen LogP contribution in [0.15, 0.2) is 66.0 Å². The molecule has 0 spiro atoms. The molecule has 0 aliphatic carbocycles. The van der Waals surface area contributed by atoms with Gasteiger partial charge in [0, 0.05) is 23.7 Å². The summed E-state index contributed by atoms with van der Waals surface area (Å²) < 4.78 is 6.08. The van der Waals surface area contributed by atoms with Gasteiger partial charge in [-0.1, -0.05) is 29.8 Å². The highest BCUT2D eigenvalue weighted by Gasteiger charge is 2.22. The number of allylic oxidation sites excluding steroid dienone is 1. The van der Waals surface area contributed by atoms with Crippen LogP contribution in [0.2, 0.25) is 5.02 Å². The van der Waals surface area contributed by atoms with Crippen LogP contribution in [0.4, 0.5) is 5.82 Å². The van der Waals surface area contributed by atoms with Gasteiger partial charge in [0.1, 0.15) is 12.1 Å². The first-order chi connectivity index (χ1) is 14.7.